The fraction of sp³-hybridized carbons (Fsp3) is 0.417. The van der Waals surface area contributed by atoms with Crippen molar-refractivity contribution >= 4 is 0 Å². The van der Waals surface area contributed by atoms with E-state index in [4.69, 9.17) is 10.3 Å². The first-order valence-electron chi connectivity index (χ1n) is 5.58. The molecular formula is C12H16N4O. The van der Waals surface area contributed by atoms with Crippen molar-refractivity contribution in [2.45, 2.75) is 32.7 Å². The van der Waals surface area contributed by atoms with Crippen LogP contribution in [0.5, 0.6) is 0 Å². The van der Waals surface area contributed by atoms with Crippen LogP contribution in [0.2, 0.25) is 0 Å². The van der Waals surface area contributed by atoms with Gasteiger partial charge in [-0.25, -0.2) is 0 Å². The maximum Gasteiger partial charge on any atom is 0.246 e. The summed E-state index contributed by atoms with van der Waals surface area (Å²) in [6, 6.07) is 1.89. The first-order valence-corrected chi connectivity index (χ1v) is 5.58. The Hall–Kier alpha value is -1.75. The van der Waals surface area contributed by atoms with Gasteiger partial charge in [0.25, 0.3) is 0 Å². The van der Waals surface area contributed by atoms with Gasteiger partial charge in [-0.05, 0) is 31.9 Å². The van der Waals surface area contributed by atoms with E-state index in [1.807, 2.05) is 26.1 Å². The van der Waals surface area contributed by atoms with Gasteiger partial charge in [-0.3, -0.25) is 4.98 Å². The van der Waals surface area contributed by atoms with Crippen LogP contribution >= 0.6 is 0 Å². The first-order chi connectivity index (χ1) is 8.02. The summed E-state index contributed by atoms with van der Waals surface area (Å²) in [7, 11) is 0. The molecule has 5 nitrogen and oxygen atoms in total. The summed E-state index contributed by atoms with van der Waals surface area (Å²) in [6.07, 6.45) is 4.41. The highest BCUT2D eigenvalue weighted by molar-refractivity contribution is 5.58. The van der Waals surface area contributed by atoms with Crippen molar-refractivity contribution in [1.29, 1.82) is 0 Å². The quantitative estimate of drug-likeness (QED) is 0.874. The molecule has 2 aromatic heterocycles. The van der Waals surface area contributed by atoms with Gasteiger partial charge in [0, 0.05) is 18.0 Å². The Morgan fingerprint density at radius 1 is 1.41 bits per heavy atom. The predicted octanol–water partition coefficient (Wildman–Crippen LogP) is 1.89. The van der Waals surface area contributed by atoms with Crippen LogP contribution in [0.15, 0.2) is 23.0 Å². The Balaban J connectivity index is 2.44. The average Bonchev–Trinajstić information content (AvgIpc) is 2.77. The van der Waals surface area contributed by atoms with Crippen LogP contribution in [0.25, 0.3) is 11.4 Å². The lowest BCUT2D eigenvalue weighted by Gasteiger charge is -2.10. The zero-order valence-corrected chi connectivity index (χ0v) is 10.3. The highest BCUT2D eigenvalue weighted by Gasteiger charge is 2.23. The molecule has 0 aliphatic heterocycles. The van der Waals surface area contributed by atoms with Gasteiger partial charge in [-0.1, -0.05) is 12.1 Å². The standard InChI is InChI=1S/C12H16N4O/c1-4-8-7-14-6-5-9(8)10-15-11(17-16-10)12(2,3)13/h5-7H,4,13H2,1-3H3. The largest absolute Gasteiger partial charge is 0.337 e. The third-order valence-corrected chi connectivity index (χ3v) is 2.50. The maximum absolute atomic E-state index is 5.91. The van der Waals surface area contributed by atoms with Crippen molar-refractivity contribution in [1.82, 2.24) is 15.1 Å². The first kappa shape index (κ1) is 11.7. The SMILES string of the molecule is CCc1cnccc1-c1noc(C(C)(C)N)n1. The Bertz CT molecular complexity index is 513. The van der Waals surface area contributed by atoms with Gasteiger partial charge in [-0.15, -0.1) is 0 Å². The number of nitrogens with two attached hydrogens (primary N) is 1. The molecule has 0 aromatic carbocycles. The second-order valence-electron chi connectivity index (χ2n) is 4.53. The van der Waals surface area contributed by atoms with Crippen LogP contribution in [0.1, 0.15) is 32.2 Å². The van der Waals surface area contributed by atoms with Crippen LogP contribution in [0.4, 0.5) is 0 Å². The van der Waals surface area contributed by atoms with E-state index in [-0.39, 0.29) is 0 Å². The fourth-order valence-corrected chi connectivity index (χ4v) is 1.52. The lowest BCUT2D eigenvalue weighted by atomic mass is 10.1. The highest BCUT2D eigenvalue weighted by Crippen LogP contribution is 2.23. The smallest absolute Gasteiger partial charge is 0.246 e. The topological polar surface area (TPSA) is 77.8 Å². The second kappa shape index (κ2) is 4.25. The summed E-state index contributed by atoms with van der Waals surface area (Å²) >= 11 is 0. The van der Waals surface area contributed by atoms with Gasteiger partial charge < -0.3 is 10.3 Å². The molecule has 0 spiro atoms. The summed E-state index contributed by atoms with van der Waals surface area (Å²) in [6.45, 7) is 5.73. The zero-order valence-electron chi connectivity index (χ0n) is 10.3. The molecule has 0 saturated carbocycles. The van der Waals surface area contributed by atoms with Gasteiger partial charge in [-0.2, -0.15) is 4.98 Å². The number of rotatable bonds is 3. The van der Waals surface area contributed by atoms with Crippen LogP contribution in [-0.2, 0) is 12.0 Å². The molecule has 90 valence electrons. The number of pyridine rings is 1. The highest BCUT2D eigenvalue weighted by atomic mass is 16.5. The Kier molecular flexibility index (Phi) is 2.93. The average molecular weight is 232 g/mol. The second-order valence-corrected chi connectivity index (χ2v) is 4.53. The lowest BCUT2D eigenvalue weighted by Crippen LogP contribution is -2.28. The van der Waals surface area contributed by atoms with Crippen molar-refractivity contribution in [3.05, 3.63) is 29.9 Å². The number of aryl methyl sites for hydroxylation is 1. The van der Waals surface area contributed by atoms with Crippen molar-refractivity contribution in [3.63, 3.8) is 0 Å². The van der Waals surface area contributed by atoms with Crippen LogP contribution in [0.3, 0.4) is 0 Å². The molecule has 0 bridgehead atoms. The van der Waals surface area contributed by atoms with E-state index in [0.29, 0.717) is 11.7 Å². The Morgan fingerprint density at radius 3 is 2.76 bits per heavy atom. The Morgan fingerprint density at radius 2 is 2.18 bits per heavy atom. The molecule has 5 heteroatoms. The fourth-order valence-electron chi connectivity index (χ4n) is 1.52. The summed E-state index contributed by atoms with van der Waals surface area (Å²) in [5, 5.41) is 3.97. The van der Waals surface area contributed by atoms with E-state index < -0.39 is 5.54 Å². The van der Waals surface area contributed by atoms with Crippen molar-refractivity contribution in [3.8, 4) is 11.4 Å². The van der Waals surface area contributed by atoms with Crippen molar-refractivity contribution in [2.75, 3.05) is 0 Å². The molecule has 2 N–H and O–H groups in total. The third-order valence-electron chi connectivity index (χ3n) is 2.50. The molecule has 17 heavy (non-hydrogen) atoms. The molecule has 2 rings (SSSR count). The van der Waals surface area contributed by atoms with E-state index in [9.17, 15) is 0 Å². The molecule has 0 atom stereocenters. The number of nitrogens with zero attached hydrogens (tertiary/aromatic N) is 3. The Labute approximate surface area is 100 Å². The van der Waals surface area contributed by atoms with E-state index >= 15 is 0 Å². The summed E-state index contributed by atoms with van der Waals surface area (Å²) in [5.41, 5.74) is 7.33. The van der Waals surface area contributed by atoms with Crippen molar-refractivity contribution < 1.29 is 4.52 Å². The third kappa shape index (κ3) is 2.34. The molecular weight excluding hydrogens is 216 g/mol. The van der Waals surface area contributed by atoms with Gasteiger partial charge in [0.2, 0.25) is 11.7 Å². The monoisotopic (exact) mass is 232 g/mol. The molecule has 2 heterocycles. The molecule has 0 saturated heterocycles. The predicted molar refractivity (Wildman–Crippen MR) is 64.1 cm³/mol. The zero-order chi connectivity index (χ0) is 12.5. The number of aromatic nitrogens is 3. The molecule has 0 radical (unpaired) electrons. The van der Waals surface area contributed by atoms with E-state index in [1.54, 1.807) is 6.20 Å². The van der Waals surface area contributed by atoms with E-state index in [1.165, 1.54) is 0 Å². The molecule has 0 unspecified atom stereocenters. The summed E-state index contributed by atoms with van der Waals surface area (Å²) < 4.78 is 5.18. The summed E-state index contributed by atoms with van der Waals surface area (Å²) in [5.74, 6) is 1.00. The molecule has 0 aliphatic carbocycles. The van der Waals surface area contributed by atoms with E-state index in [2.05, 4.69) is 22.0 Å². The minimum Gasteiger partial charge on any atom is -0.337 e. The van der Waals surface area contributed by atoms with Crippen LogP contribution < -0.4 is 5.73 Å². The molecule has 0 fully saturated rings. The van der Waals surface area contributed by atoms with E-state index in [0.717, 1.165) is 17.5 Å². The minimum absolute atomic E-state index is 0.436. The lowest BCUT2D eigenvalue weighted by molar-refractivity contribution is 0.312. The number of hydrogen-bond acceptors (Lipinski definition) is 5. The summed E-state index contributed by atoms with van der Waals surface area (Å²) in [4.78, 5) is 8.42. The normalized spacial score (nSPS) is 11.8. The minimum atomic E-state index is -0.620. The van der Waals surface area contributed by atoms with Crippen LogP contribution in [0, 0.1) is 0 Å². The van der Waals surface area contributed by atoms with Gasteiger partial charge in [0.1, 0.15) is 0 Å². The van der Waals surface area contributed by atoms with Crippen LogP contribution in [-0.4, -0.2) is 15.1 Å². The van der Waals surface area contributed by atoms with Crippen molar-refractivity contribution in [2.24, 2.45) is 5.73 Å². The molecule has 2 aromatic rings. The molecule has 0 amide bonds. The van der Waals surface area contributed by atoms with Gasteiger partial charge in [0.15, 0.2) is 0 Å². The van der Waals surface area contributed by atoms with Gasteiger partial charge >= 0.3 is 0 Å². The molecule has 0 aliphatic rings. The maximum atomic E-state index is 5.91. The van der Waals surface area contributed by atoms with Gasteiger partial charge in [0.05, 0.1) is 5.54 Å². The number of hydrogen-bond donors (Lipinski definition) is 1.